The Labute approximate surface area is 330 Å². The predicted molar refractivity (Wildman–Crippen MR) is 237 cm³/mol. The molecule has 4 aromatic heterocycles. The maximum absolute atomic E-state index is 9.60. The Kier molecular flexibility index (Phi) is 6.80. The van der Waals surface area contributed by atoms with Gasteiger partial charge < -0.3 is 4.57 Å². The average molecular weight is 744 g/mol. The third-order valence-electron chi connectivity index (χ3n) is 11.3. The van der Waals surface area contributed by atoms with Crippen LogP contribution in [0.2, 0.25) is 0 Å². The second kappa shape index (κ2) is 12.2. The number of thiophene rings is 1. The van der Waals surface area contributed by atoms with E-state index in [4.69, 9.17) is 9.97 Å². The van der Waals surface area contributed by atoms with Gasteiger partial charge in [0.05, 0.1) is 33.7 Å². The summed E-state index contributed by atoms with van der Waals surface area (Å²) in [4.78, 5) is 12.2. The first-order chi connectivity index (χ1) is 28.2. The van der Waals surface area contributed by atoms with Gasteiger partial charge in [-0.05, 0) is 82.6 Å². The Morgan fingerprint density at radius 1 is 0.491 bits per heavy atom. The highest BCUT2D eigenvalue weighted by atomic mass is 32.1. The number of aromatic nitrogens is 4. The van der Waals surface area contributed by atoms with Crippen LogP contribution in [0.4, 0.5) is 0 Å². The Morgan fingerprint density at radius 2 is 1.19 bits per heavy atom. The van der Waals surface area contributed by atoms with Crippen molar-refractivity contribution in [3.05, 3.63) is 181 Å². The number of hydrogen-bond acceptors (Lipinski definition) is 4. The summed E-state index contributed by atoms with van der Waals surface area (Å²) in [7, 11) is 0. The van der Waals surface area contributed by atoms with E-state index in [9.17, 15) is 5.26 Å². The molecule has 0 amide bonds. The van der Waals surface area contributed by atoms with Crippen molar-refractivity contribution in [2.24, 2.45) is 0 Å². The molecule has 57 heavy (non-hydrogen) atoms. The summed E-state index contributed by atoms with van der Waals surface area (Å²) in [5.74, 6) is 0.793. The van der Waals surface area contributed by atoms with Crippen LogP contribution in [-0.4, -0.2) is 19.1 Å². The number of fused-ring (bicyclic) bond motifs is 10. The van der Waals surface area contributed by atoms with Gasteiger partial charge in [0.15, 0.2) is 5.82 Å². The lowest BCUT2D eigenvalue weighted by atomic mass is 10.0. The van der Waals surface area contributed by atoms with E-state index < -0.39 is 0 Å². The van der Waals surface area contributed by atoms with E-state index in [1.54, 1.807) is 11.3 Å². The lowest BCUT2D eigenvalue weighted by Crippen LogP contribution is -2.03. The molecule has 5 nitrogen and oxygen atoms in total. The Hall–Kier alpha value is -7.59. The van der Waals surface area contributed by atoms with Crippen molar-refractivity contribution in [3.63, 3.8) is 0 Å². The molecular weight excluding hydrogens is 715 g/mol. The molecule has 0 saturated carbocycles. The molecule has 8 aromatic carbocycles. The number of rotatable bonds is 4. The topological polar surface area (TPSA) is 59.4 Å². The Morgan fingerprint density at radius 3 is 2.04 bits per heavy atom. The van der Waals surface area contributed by atoms with Crippen molar-refractivity contribution in [1.82, 2.24) is 19.1 Å². The van der Waals surface area contributed by atoms with Crippen LogP contribution in [0.1, 0.15) is 5.56 Å². The monoisotopic (exact) mass is 743 g/mol. The zero-order chi connectivity index (χ0) is 37.6. The minimum atomic E-state index is 0.642. The first-order valence-corrected chi connectivity index (χ1v) is 19.8. The molecule has 0 unspecified atom stereocenters. The fourth-order valence-electron chi connectivity index (χ4n) is 8.80. The van der Waals surface area contributed by atoms with Crippen molar-refractivity contribution < 1.29 is 0 Å². The second-order valence-corrected chi connectivity index (χ2v) is 15.5. The minimum absolute atomic E-state index is 0.642. The summed E-state index contributed by atoms with van der Waals surface area (Å²) in [5, 5.41) is 17.7. The van der Waals surface area contributed by atoms with E-state index in [2.05, 4.69) is 173 Å². The summed E-state index contributed by atoms with van der Waals surface area (Å²) in [5.41, 5.74) is 11.0. The van der Waals surface area contributed by atoms with Gasteiger partial charge in [-0.25, -0.2) is 9.97 Å². The van der Waals surface area contributed by atoms with Gasteiger partial charge in [-0.3, -0.25) is 4.57 Å². The molecule has 0 aliphatic carbocycles. The average Bonchev–Trinajstić information content (AvgIpc) is 3.92. The molecule has 6 heteroatoms. The maximum atomic E-state index is 9.60. The fraction of sp³-hybridized carbons (Fsp3) is 0. The lowest BCUT2D eigenvalue weighted by molar-refractivity contribution is 1.09. The van der Waals surface area contributed by atoms with Crippen molar-refractivity contribution in [3.8, 4) is 40.0 Å². The fourth-order valence-corrected chi connectivity index (χ4v) is 9.86. The zero-order valence-corrected chi connectivity index (χ0v) is 31.2. The third-order valence-corrected chi connectivity index (χ3v) is 12.4. The molecule has 0 bridgehead atoms. The van der Waals surface area contributed by atoms with E-state index in [-0.39, 0.29) is 0 Å². The van der Waals surface area contributed by atoms with Crippen LogP contribution in [0.25, 0.3) is 109 Å². The first-order valence-electron chi connectivity index (χ1n) is 19.0. The van der Waals surface area contributed by atoms with E-state index in [0.717, 1.165) is 87.2 Å². The molecular formula is C51H29N5S. The number of para-hydroxylation sites is 3. The van der Waals surface area contributed by atoms with Gasteiger partial charge in [-0.15, -0.1) is 11.3 Å². The second-order valence-electron chi connectivity index (χ2n) is 14.5. The van der Waals surface area contributed by atoms with Gasteiger partial charge in [-0.2, -0.15) is 5.26 Å². The van der Waals surface area contributed by atoms with Crippen LogP contribution in [0.3, 0.4) is 0 Å². The van der Waals surface area contributed by atoms with Crippen molar-refractivity contribution in [2.75, 3.05) is 0 Å². The molecule has 0 fully saturated rings. The van der Waals surface area contributed by atoms with Crippen LogP contribution in [-0.2, 0) is 0 Å². The molecule has 12 aromatic rings. The number of nitriles is 1. The molecule has 0 spiro atoms. The minimum Gasteiger partial charge on any atom is -0.309 e. The summed E-state index contributed by atoms with van der Waals surface area (Å²) in [6.45, 7) is 0. The summed E-state index contributed by atoms with van der Waals surface area (Å²) in [6, 6.07) is 64.2. The lowest BCUT2D eigenvalue weighted by Gasteiger charge is -2.14. The highest BCUT2D eigenvalue weighted by molar-refractivity contribution is 7.25. The van der Waals surface area contributed by atoms with Crippen LogP contribution in [0, 0.1) is 11.3 Å². The van der Waals surface area contributed by atoms with Gasteiger partial charge in [-0.1, -0.05) is 115 Å². The summed E-state index contributed by atoms with van der Waals surface area (Å²) < 4.78 is 5.78. The van der Waals surface area contributed by atoms with Crippen LogP contribution in [0.5, 0.6) is 0 Å². The van der Waals surface area contributed by atoms with Gasteiger partial charge in [0.2, 0.25) is 0 Å². The zero-order valence-electron chi connectivity index (χ0n) is 30.4. The summed E-state index contributed by atoms with van der Waals surface area (Å²) in [6.07, 6.45) is 0. The van der Waals surface area contributed by atoms with Crippen LogP contribution < -0.4 is 0 Å². The van der Waals surface area contributed by atoms with Gasteiger partial charge in [0, 0.05) is 42.9 Å². The SMILES string of the molecule is N#Cc1cccc(-c2ccc3c(c2)sc2nc(-n4c5ccccc5c5cc6ccccc6cc54)c(-c4cccc5c4c4ccccc4n5-c4ccccc4)nc23)c1. The van der Waals surface area contributed by atoms with E-state index >= 15 is 0 Å². The maximum Gasteiger partial charge on any atom is 0.166 e. The predicted octanol–water partition coefficient (Wildman–Crippen LogP) is 13.4. The quantitative estimate of drug-likeness (QED) is 0.180. The molecule has 0 radical (unpaired) electrons. The molecule has 0 saturated heterocycles. The summed E-state index contributed by atoms with van der Waals surface area (Å²) >= 11 is 1.66. The Bertz CT molecular complexity index is 3660. The van der Waals surface area contributed by atoms with Gasteiger partial charge in [0.25, 0.3) is 0 Å². The normalized spacial score (nSPS) is 11.8. The van der Waals surface area contributed by atoms with Gasteiger partial charge in [0.1, 0.15) is 16.0 Å². The molecule has 264 valence electrons. The van der Waals surface area contributed by atoms with Gasteiger partial charge >= 0.3 is 0 Å². The molecule has 0 N–H and O–H groups in total. The number of hydrogen-bond donors (Lipinski definition) is 0. The third kappa shape index (κ3) is 4.73. The molecule has 0 aliphatic rings. The Balaban J connectivity index is 1.21. The molecule has 0 atom stereocenters. The largest absolute Gasteiger partial charge is 0.309 e. The van der Waals surface area contributed by atoms with E-state index in [1.807, 2.05) is 18.2 Å². The smallest absolute Gasteiger partial charge is 0.166 e. The molecule has 0 aliphatic heterocycles. The first kappa shape index (κ1) is 31.7. The highest BCUT2D eigenvalue weighted by Crippen LogP contribution is 2.44. The highest BCUT2D eigenvalue weighted by Gasteiger charge is 2.24. The number of nitrogens with zero attached hydrogens (tertiary/aromatic N) is 5. The van der Waals surface area contributed by atoms with E-state index in [1.165, 1.54) is 21.5 Å². The van der Waals surface area contributed by atoms with Crippen LogP contribution in [0.15, 0.2) is 176 Å². The van der Waals surface area contributed by atoms with E-state index in [0.29, 0.717) is 5.56 Å². The number of benzene rings is 8. The molecule has 4 heterocycles. The molecule has 12 rings (SSSR count). The van der Waals surface area contributed by atoms with Crippen molar-refractivity contribution in [2.45, 2.75) is 0 Å². The standard InChI is InChI=1S/C51H29N5S/c52-30-31-12-10-15-32(26-31)35-24-25-39-46(29-35)57-51-49(39)53-48(40-20-11-23-44-47(40)38-19-7-9-22-43(38)55(44)36-16-2-1-3-17-36)50(54-51)56-42-21-8-6-18-37(42)41-27-33-13-4-5-14-34(33)28-45(41)56/h1-29H. The van der Waals surface area contributed by atoms with Crippen LogP contribution >= 0.6 is 11.3 Å². The van der Waals surface area contributed by atoms with Crippen molar-refractivity contribution in [1.29, 1.82) is 5.26 Å². The van der Waals surface area contributed by atoms with Crippen molar-refractivity contribution >= 4 is 86.2 Å².